The molecule has 0 saturated heterocycles. The van der Waals surface area contributed by atoms with Gasteiger partial charge in [-0.25, -0.2) is 4.79 Å². The highest BCUT2D eigenvalue weighted by Crippen LogP contribution is 2.29. The molecule has 0 aliphatic heterocycles. The van der Waals surface area contributed by atoms with E-state index in [4.69, 9.17) is 0 Å². The predicted octanol–water partition coefficient (Wildman–Crippen LogP) is 3.33. The van der Waals surface area contributed by atoms with Crippen molar-refractivity contribution in [3.05, 3.63) is 58.6 Å². The topological polar surface area (TPSA) is 30.2 Å². The second kappa shape index (κ2) is 4.08. The van der Waals surface area contributed by atoms with Crippen molar-refractivity contribution in [3.63, 3.8) is 0 Å². The Labute approximate surface area is 94.3 Å². The minimum Gasteiger partial charge on any atom is -0.418 e. The van der Waals surface area contributed by atoms with E-state index >= 15 is 0 Å². The van der Waals surface area contributed by atoms with E-state index < -0.39 is 17.6 Å². The van der Waals surface area contributed by atoms with Crippen LogP contribution in [-0.2, 0) is 6.18 Å². The van der Waals surface area contributed by atoms with E-state index in [-0.39, 0.29) is 5.56 Å². The standard InChI is InChI=1S/C12H7F3O2/c13-12(14,15)10-7-6-9(11(16)17-10)8-4-2-1-3-5-8/h1-7H. The minimum absolute atomic E-state index is 0.110. The molecule has 0 saturated carbocycles. The van der Waals surface area contributed by atoms with Gasteiger partial charge in [-0.05, 0) is 17.7 Å². The Morgan fingerprint density at radius 2 is 1.59 bits per heavy atom. The molecule has 1 aromatic heterocycles. The van der Waals surface area contributed by atoms with Crippen LogP contribution in [0.4, 0.5) is 13.2 Å². The van der Waals surface area contributed by atoms with Crippen LogP contribution in [0, 0.1) is 0 Å². The van der Waals surface area contributed by atoms with Crippen LogP contribution >= 0.6 is 0 Å². The van der Waals surface area contributed by atoms with Crippen molar-refractivity contribution in [1.82, 2.24) is 0 Å². The lowest BCUT2D eigenvalue weighted by Crippen LogP contribution is -2.11. The summed E-state index contributed by atoms with van der Waals surface area (Å²) in [6.45, 7) is 0. The van der Waals surface area contributed by atoms with Gasteiger partial charge in [0.05, 0.1) is 5.56 Å². The molecule has 0 fully saturated rings. The largest absolute Gasteiger partial charge is 0.449 e. The van der Waals surface area contributed by atoms with E-state index in [9.17, 15) is 18.0 Å². The summed E-state index contributed by atoms with van der Waals surface area (Å²) in [7, 11) is 0. The average Bonchev–Trinajstić information content (AvgIpc) is 2.29. The van der Waals surface area contributed by atoms with E-state index in [1.165, 1.54) is 0 Å². The molecule has 0 N–H and O–H groups in total. The van der Waals surface area contributed by atoms with Crippen LogP contribution in [0.25, 0.3) is 11.1 Å². The zero-order valence-corrected chi connectivity index (χ0v) is 8.49. The minimum atomic E-state index is -4.64. The van der Waals surface area contributed by atoms with Gasteiger partial charge in [0, 0.05) is 0 Å². The second-order valence-corrected chi connectivity index (χ2v) is 3.36. The fourth-order valence-corrected chi connectivity index (χ4v) is 1.40. The van der Waals surface area contributed by atoms with Crippen molar-refractivity contribution in [2.45, 2.75) is 6.18 Å². The van der Waals surface area contributed by atoms with Crippen molar-refractivity contribution >= 4 is 0 Å². The van der Waals surface area contributed by atoms with Gasteiger partial charge in [-0.15, -0.1) is 0 Å². The Hall–Kier alpha value is -2.04. The zero-order chi connectivity index (χ0) is 12.5. The third-order valence-corrected chi connectivity index (χ3v) is 2.19. The number of hydrogen-bond acceptors (Lipinski definition) is 2. The zero-order valence-electron chi connectivity index (χ0n) is 8.49. The van der Waals surface area contributed by atoms with Crippen LogP contribution in [0.5, 0.6) is 0 Å². The third-order valence-electron chi connectivity index (χ3n) is 2.19. The van der Waals surface area contributed by atoms with Crippen molar-refractivity contribution < 1.29 is 17.6 Å². The van der Waals surface area contributed by atoms with Gasteiger partial charge in [0.1, 0.15) is 0 Å². The molecule has 1 aromatic carbocycles. The Bertz CT molecular complexity index is 570. The van der Waals surface area contributed by atoms with Crippen molar-refractivity contribution in [2.24, 2.45) is 0 Å². The molecule has 0 amide bonds. The van der Waals surface area contributed by atoms with E-state index in [0.717, 1.165) is 12.1 Å². The fraction of sp³-hybridized carbons (Fsp3) is 0.0833. The average molecular weight is 240 g/mol. The Morgan fingerprint density at radius 3 is 2.12 bits per heavy atom. The fourth-order valence-electron chi connectivity index (χ4n) is 1.40. The highest BCUT2D eigenvalue weighted by molar-refractivity contribution is 5.61. The summed E-state index contributed by atoms with van der Waals surface area (Å²) in [6.07, 6.45) is -4.64. The lowest BCUT2D eigenvalue weighted by Gasteiger charge is -2.05. The van der Waals surface area contributed by atoms with Crippen LogP contribution in [0.15, 0.2) is 51.7 Å². The molecule has 1 heterocycles. The van der Waals surface area contributed by atoms with Crippen molar-refractivity contribution in [3.8, 4) is 11.1 Å². The Balaban J connectivity index is 2.51. The molecular formula is C12H7F3O2. The Morgan fingerprint density at radius 1 is 0.941 bits per heavy atom. The maximum absolute atomic E-state index is 12.3. The summed E-state index contributed by atoms with van der Waals surface area (Å²) in [5.74, 6) is -1.29. The molecule has 2 aromatic rings. The van der Waals surface area contributed by atoms with Gasteiger partial charge in [0.2, 0.25) is 5.76 Å². The first-order valence-electron chi connectivity index (χ1n) is 4.75. The summed E-state index contributed by atoms with van der Waals surface area (Å²) >= 11 is 0. The molecule has 0 aliphatic rings. The molecule has 0 radical (unpaired) electrons. The SMILES string of the molecule is O=c1oc(C(F)(F)F)ccc1-c1ccccc1. The summed E-state index contributed by atoms with van der Waals surface area (Å²) in [5.41, 5.74) is -0.361. The van der Waals surface area contributed by atoms with Crippen molar-refractivity contribution in [2.75, 3.05) is 0 Å². The summed E-state index contributed by atoms with van der Waals surface area (Å²) in [4.78, 5) is 11.4. The van der Waals surface area contributed by atoms with E-state index in [2.05, 4.69) is 4.42 Å². The molecule has 0 bridgehead atoms. The molecule has 88 valence electrons. The van der Waals surface area contributed by atoms with Gasteiger partial charge < -0.3 is 4.42 Å². The first-order valence-corrected chi connectivity index (χ1v) is 4.75. The number of halogens is 3. The number of hydrogen-bond donors (Lipinski definition) is 0. The quantitative estimate of drug-likeness (QED) is 0.765. The van der Waals surface area contributed by atoms with Gasteiger partial charge in [-0.2, -0.15) is 13.2 Å². The molecule has 0 atom stereocenters. The van der Waals surface area contributed by atoms with Crippen LogP contribution in [0.1, 0.15) is 5.76 Å². The van der Waals surface area contributed by atoms with Gasteiger partial charge in [0.25, 0.3) is 0 Å². The summed E-state index contributed by atoms with van der Waals surface area (Å²) < 4.78 is 41.1. The first kappa shape index (κ1) is 11.4. The molecule has 0 aliphatic carbocycles. The number of benzene rings is 1. The predicted molar refractivity (Wildman–Crippen MR) is 55.4 cm³/mol. The lowest BCUT2D eigenvalue weighted by molar-refractivity contribution is -0.154. The van der Waals surface area contributed by atoms with Gasteiger partial charge >= 0.3 is 11.8 Å². The van der Waals surface area contributed by atoms with Gasteiger partial charge in [0.15, 0.2) is 0 Å². The van der Waals surface area contributed by atoms with Gasteiger partial charge in [-0.1, -0.05) is 30.3 Å². The van der Waals surface area contributed by atoms with Crippen LogP contribution < -0.4 is 5.63 Å². The van der Waals surface area contributed by atoms with Crippen LogP contribution in [0.3, 0.4) is 0 Å². The van der Waals surface area contributed by atoms with E-state index in [0.29, 0.717) is 5.56 Å². The maximum Gasteiger partial charge on any atom is 0.449 e. The number of rotatable bonds is 1. The highest BCUT2D eigenvalue weighted by Gasteiger charge is 2.34. The third kappa shape index (κ3) is 2.38. The van der Waals surface area contributed by atoms with Crippen LogP contribution in [0.2, 0.25) is 0 Å². The van der Waals surface area contributed by atoms with Gasteiger partial charge in [-0.3, -0.25) is 0 Å². The molecular weight excluding hydrogens is 233 g/mol. The highest BCUT2D eigenvalue weighted by atomic mass is 19.4. The van der Waals surface area contributed by atoms with Crippen LogP contribution in [-0.4, -0.2) is 0 Å². The van der Waals surface area contributed by atoms with E-state index in [1.807, 2.05) is 0 Å². The molecule has 2 nitrogen and oxygen atoms in total. The summed E-state index contributed by atoms with van der Waals surface area (Å²) in [6, 6.07) is 10.2. The Kier molecular flexibility index (Phi) is 2.75. The lowest BCUT2D eigenvalue weighted by atomic mass is 10.1. The monoisotopic (exact) mass is 240 g/mol. The first-order chi connectivity index (χ1) is 7.98. The van der Waals surface area contributed by atoms with E-state index in [1.54, 1.807) is 30.3 Å². The van der Waals surface area contributed by atoms with Crippen molar-refractivity contribution in [1.29, 1.82) is 0 Å². The molecule has 0 spiro atoms. The maximum atomic E-state index is 12.3. The molecule has 0 unspecified atom stereocenters. The molecule has 2 rings (SSSR count). The smallest absolute Gasteiger partial charge is 0.418 e. The molecule has 17 heavy (non-hydrogen) atoms. The number of alkyl halides is 3. The molecule has 5 heteroatoms. The normalized spacial score (nSPS) is 11.5. The second-order valence-electron chi connectivity index (χ2n) is 3.36. The summed E-state index contributed by atoms with van der Waals surface area (Å²) in [5, 5.41) is 0.